The lowest BCUT2D eigenvalue weighted by atomic mass is 9.62. The van der Waals surface area contributed by atoms with Crippen LogP contribution in [0.5, 0.6) is 0 Å². The second-order valence-electron chi connectivity index (χ2n) is 5.57. The van der Waals surface area contributed by atoms with E-state index in [1.54, 1.807) is 4.90 Å². The van der Waals surface area contributed by atoms with Crippen molar-refractivity contribution < 1.29 is 9.59 Å². The third-order valence-electron chi connectivity index (χ3n) is 4.09. The molecule has 0 aromatic carbocycles. The molecular formula is C14H27N3O2. The summed E-state index contributed by atoms with van der Waals surface area (Å²) in [6.45, 7) is 8.28. The van der Waals surface area contributed by atoms with Crippen molar-refractivity contribution >= 4 is 11.8 Å². The number of hydrogen-bond donors (Lipinski definition) is 2. The number of nitrogens with zero attached hydrogens (tertiary/aromatic N) is 1. The van der Waals surface area contributed by atoms with E-state index in [-0.39, 0.29) is 17.2 Å². The van der Waals surface area contributed by atoms with E-state index in [0.717, 1.165) is 12.8 Å². The number of carbonyl (C=O) groups excluding carboxylic acids is 2. The van der Waals surface area contributed by atoms with Crippen LogP contribution in [0.3, 0.4) is 0 Å². The highest BCUT2D eigenvalue weighted by Gasteiger charge is 2.46. The molecule has 2 amide bonds. The van der Waals surface area contributed by atoms with Gasteiger partial charge in [0, 0.05) is 32.6 Å². The van der Waals surface area contributed by atoms with E-state index in [9.17, 15) is 9.59 Å². The second-order valence-corrected chi connectivity index (χ2v) is 5.57. The van der Waals surface area contributed by atoms with E-state index < -0.39 is 0 Å². The predicted octanol–water partition coefficient (Wildman–Crippen LogP) is 0.736. The molecule has 5 nitrogen and oxygen atoms in total. The highest BCUT2D eigenvalue weighted by atomic mass is 16.2. The van der Waals surface area contributed by atoms with Crippen LogP contribution < -0.4 is 11.1 Å². The van der Waals surface area contributed by atoms with Crippen LogP contribution in [-0.2, 0) is 9.59 Å². The van der Waals surface area contributed by atoms with E-state index in [0.29, 0.717) is 38.5 Å². The lowest BCUT2D eigenvalue weighted by Crippen LogP contribution is -2.53. The molecule has 1 fully saturated rings. The first-order valence-electron chi connectivity index (χ1n) is 7.25. The first-order chi connectivity index (χ1) is 8.99. The van der Waals surface area contributed by atoms with Gasteiger partial charge in [0.1, 0.15) is 0 Å². The number of hydrogen-bond acceptors (Lipinski definition) is 3. The molecule has 1 aliphatic rings. The standard InChI is InChI=1S/C14H27N3O2/c1-4-17(5-2)12(18)6-7-16-13(19)14(10-15)8-11(3)9-14/h11H,4-10,15H2,1-3H3,(H,16,19). The van der Waals surface area contributed by atoms with Crippen molar-refractivity contribution in [3.8, 4) is 0 Å². The molecule has 1 saturated carbocycles. The molecule has 1 rings (SSSR count). The smallest absolute Gasteiger partial charge is 0.227 e. The summed E-state index contributed by atoms with van der Waals surface area (Å²) in [7, 11) is 0. The Bertz CT molecular complexity index is 321. The van der Waals surface area contributed by atoms with Gasteiger partial charge in [-0.2, -0.15) is 0 Å². The topological polar surface area (TPSA) is 75.4 Å². The Morgan fingerprint density at radius 1 is 1.32 bits per heavy atom. The number of nitrogens with two attached hydrogens (primary N) is 1. The number of amides is 2. The Hall–Kier alpha value is -1.10. The fourth-order valence-electron chi connectivity index (χ4n) is 2.92. The summed E-state index contributed by atoms with van der Waals surface area (Å²) in [6, 6.07) is 0. The quantitative estimate of drug-likeness (QED) is 0.715. The summed E-state index contributed by atoms with van der Waals surface area (Å²) in [6.07, 6.45) is 2.09. The molecule has 3 N–H and O–H groups in total. The van der Waals surface area contributed by atoms with Crippen LogP contribution in [0.4, 0.5) is 0 Å². The third kappa shape index (κ3) is 3.69. The lowest BCUT2D eigenvalue weighted by Gasteiger charge is -2.44. The number of nitrogens with one attached hydrogen (secondary N) is 1. The summed E-state index contributed by atoms with van der Waals surface area (Å²) in [5.41, 5.74) is 5.34. The van der Waals surface area contributed by atoms with Crippen LogP contribution in [0, 0.1) is 11.3 Å². The molecule has 0 saturated heterocycles. The van der Waals surface area contributed by atoms with Gasteiger partial charge in [-0.3, -0.25) is 9.59 Å². The van der Waals surface area contributed by atoms with Gasteiger partial charge in [-0.25, -0.2) is 0 Å². The van der Waals surface area contributed by atoms with E-state index in [2.05, 4.69) is 12.2 Å². The molecule has 0 aromatic heterocycles. The van der Waals surface area contributed by atoms with Gasteiger partial charge in [0.05, 0.1) is 5.41 Å². The van der Waals surface area contributed by atoms with Crippen molar-refractivity contribution in [2.45, 2.75) is 40.0 Å². The summed E-state index contributed by atoms with van der Waals surface area (Å²) in [4.78, 5) is 25.7. The first kappa shape index (κ1) is 16.0. The molecule has 1 aliphatic carbocycles. The molecule has 19 heavy (non-hydrogen) atoms. The molecule has 0 aliphatic heterocycles. The Labute approximate surface area is 115 Å². The Balaban J connectivity index is 2.33. The van der Waals surface area contributed by atoms with E-state index in [1.165, 1.54) is 0 Å². The summed E-state index contributed by atoms with van der Waals surface area (Å²) in [5.74, 6) is 0.682. The minimum atomic E-state index is -0.377. The van der Waals surface area contributed by atoms with Crippen LogP contribution in [-0.4, -0.2) is 42.9 Å². The van der Waals surface area contributed by atoms with Crippen LogP contribution in [0.15, 0.2) is 0 Å². The minimum Gasteiger partial charge on any atom is -0.355 e. The fourth-order valence-corrected chi connectivity index (χ4v) is 2.92. The van der Waals surface area contributed by atoms with E-state index in [4.69, 9.17) is 5.73 Å². The van der Waals surface area contributed by atoms with Crippen molar-refractivity contribution in [1.29, 1.82) is 0 Å². The van der Waals surface area contributed by atoms with Gasteiger partial charge in [-0.15, -0.1) is 0 Å². The first-order valence-corrected chi connectivity index (χ1v) is 7.25. The maximum atomic E-state index is 12.1. The van der Waals surface area contributed by atoms with Crippen molar-refractivity contribution in [2.24, 2.45) is 17.1 Å². The third-order valence-corrected chi connectivity index (χ3v) is 4.09. The second kappa shape index (κ2) is 6.89. The SMILES string of the molecule is CCN(CC)C(=O)CCNC(=O)C1(CN)CC(C)C1. The Morgan fingerprint density at radius 2 is 1.89 bits per heavy atom. The van der Waals surface area contributed by atoms with Gasteiger partial charge in [-0.1, -0.05) is 6.92 Å². The zero-order valence-electron chi connectivity index (χ0n) is 12.4. The van der Waals surface area contributed by atoms with Crippen molar-refractivity contribution in [3.63, 3.8) is 0 Å². The zero-order valence-corrected chi connectivity index (χ0v) is 12.4. The fraction of sp³-hybridized carbons (Fsp3) is 0.857. The monoisotopic (exact) mass is 269 g/mol. The predicted molar refractivity (Wildman–Crippen MR) is 75.4 cm³/mol. The summed E-state index contributed by atoms with van der Waals surface area (Å²) < 4.78 is 0. The zero-order chi connectivity index (χ0) is 14.5. The molecule has 0 aromatic rings. The lowest BCUT2D eigenvalue weighted by molar-refractivity contribution is -0.138. The molecule has 0 spiro atoms. The van der Waals surface area contributed by atoms with Gasteiger partial charge < -0.3 is 16.0 Å². The molecule has 0 bridgehead atoms. The van der Waals surface area contributed by atoms with Gasteiger partial charge in [0.15, 0.2) is 0 Å². The molecular weight excluding hydrogens is 242 g/mol. The maximum Gasteiger partial charge on any atom is 0.227 e. The number of rotatable bonds is 7. The van der Waals surface area contributed by atoms with E-state index in [1.807, 2.05) is 13.8 Å². The summed E-state index contributed by atoms with van der Waals surface area (Å²) in [5, 5.41) is 2.86. The molecule has 5 heteroatoms. The molecule has 0 unspecified atom stereocenters. The van der Waals surface area contributed by atoms with Crippen molar-refractivity contribution in [2.75, 3.05) is 26.2 Å². The molecule has 0 heterocycles. The molecule has 0 atom stereocenters. The Kier molecular flexibility index (Phi) is 5.79. The van der Waals surface area contributed by atoms with Gasteiger partial charge in [-0.05, 0) is 32.6 Å². The highest BCUT2D eigenvalue weighted by molar-refractivity contribution is 5.84. The van der Waals surface area contributed by atoms with Gasteiger partial charge in [0.2, 0.25) is 11.8 Å². The maximum absolute atomic E-state index is 12.1. The largest absolute Gasteiger partial charge is 0.355 e. The highest BCUT2D eigenvalue weighted by Crippen LogP contribution is 2.44. The van der Waals surface area contributed by atoms with Gasteiger partial charge in [0.25, 0.3) is 0 Å². The van der Waals surface area contributed by atoms with E-state index >= 15 is 0 Å². The van der Waals surface area contributed by atoms with Crippen molar-refractivity contribution in [3.05, 3.63) is 0 Å². The van der Waals surface area contributed by atoms with Crippen LogP contribution >= 0.6 is 0 Å². The van der Waals surface area contributed by atoms with Crippen LogP contribution in [0.1, 0.15) is 40.0 Å². The summed E-state index contributed by atoms with van der Waals surface area (Å²) >= 11 is 0. The average molecular weight is 269 g/mol. The van der Waals surface area contributed by atoms with Crippen molar-refractivity contribution in [1.82, 2.24) is 10.2 Å². The Morgan fingerprint density at radius 3 is 2.32 bits per heavy atom. The van der Waals surface area contributed by atoms with Crippen LogP contribution in [0.2, 0.25) is 0 Å². The average Bonchev–Trinajstić information content (AvgIpc) is 2.36. The molecule has 110 valence electrons. The minimum absolute atomic E-state index is 0.0143. The molecule has 0 radical (unpaired) electrons. The normalized spacial score (nSPS) is 25.6. The van der Waals surface area contributed by atoms with Crippen LogP contribution in [0.25, 0.3) is 0 Å². The van der Waals surface area contributed by atoms with Gasteiger partial charge >= 0.3 is 0 Å². The number of carbonyl (C=O) groups is 2.